The molecule has 25 heavy (non-hydrogen) atoms. The van der Waals surface area contributed by atoms with Crippen molar-refractivity contribution in [2.24, 2.45) is 10.7 Å². The van der Waals surface area contributed by atoms with Gasteiger partial charge in [0.05, 0.1) is 0 Å². The Hall–Kier alpha value is -3.28. The summed E-state index contributed by atoms with van der Waals surface area (Å²) in [6, 6.07) is 14.7. The summed E-state index contributed by atoms with van der Waals surface area (Å²) in [7, 11) is 0. The number of amidine groups is 1. The molecule has 2 N–H and O–H groups in total. The van der Waals surface area contributed by atoms with E-state index < -0.39 is 5.54 Å². The normalized spacial score (nSPS) is 19.3. The molecule has 1 aliphatic rings. The van der Waals surface area contributed by atoms with Crippen molar-refractivity contribution in [3.8, 4) is 11.1 Å². The van der Waals surface area contributed by atoms with E-state index in [1.807, 2.05) is 30.3 Å². The Morgan fingerprint density at radius 3 is 2.44 bits per heavy atom. The number of nitrogens with two attached hydrogens (primary N) is 1. The second kappa shape index (κ2) is 5.98. The standard InChI is InChI=1S/C19H15FN4O/c20-17-7-6-15(8-16(17)13-9-22-12-23-10-13)19(11-25-18(21)24-19)14-4-2-1-3-5-14/h1-10,12H,11H2,(H2,21,24). The largest absolute Gasteiger partial charge is 0.462 e. The highest BCUT2D eigenvalue weighted by Crippen LogP contribution is 2.39. The second-order valence-electron chi connectivity index (χ2n) is 5.79. The first-order valence-corrected chi connectivity index (χ1v) is 7.78. The molecule has 0 saturated carbocycles. The van der Waals surface area contributed by atoms with Gasteiger partial charge in [-0.1, -0.05) is 36.4 Å². The molecule has 124 valence electrons. The molecule has 1 aliphatic heterocycles. The number of aliphatic imine (C=N–C) groups is 1. The highest BCUT2D eigenvalue weighted by atomic mass is 19.1. The summed E-state index contributed by atoms with van der Waals surface area (Å²) in [5.74, 6) is -0.349. The number of aromatic nitrogens is 2. The summed E-state index contributed by atoms with van der Waals surface area (Å²) in [6.45, 7) is 0.263. The summed E-state index contributed by atoms with van der Waals surface area (Å²) >= 11 is 0. The molecule has 0 saturated heterocycles. The molecule has 2 heterocycles. The lowest BCUT2D eigenvalue weighted by atomic mass is 9.83. The highest BCUT2D eigenvalue weighted by molar-refractivity contribution is 5.75. The molecular formula is C19H15FN4O. The van der Waals surface area contributed by atoms with E-state index in [0.717, 1.165) is 11.1 Å². The van der Waals surface area contributed by atoms with Crippen LogP contribution < -0.4 is 5.73 Å². The van der Waals surface area contributed by atoms with Gasteiger partial charge in [-0.3, -0.25) is 0 Å². The molecule has 6 heteroatoms. The van der Waals surface area contributed by atoms with Gasteiger partial charge in [-0.05, 0) is 23.3 Å². The molecule has 3 aromatic rings. The summed E-state index contributed by atoms with van der Waals surface area (Å²) in [5.41, 5.74) is 7.72. The SMILES string of the molecule is NC1=NC(c2ccccc2)(c2ccc(F)c(-c3cncnc3)c2)CO1. The Balaban J connectivity index is 1.90. The van der Waals surface area contributed by atoms with Gasteiger partial charge in [0.2, 0.25) is 0 Å². The van der Waals surface area contributed by atoms with E-state index in [-0.39, 0.29) is 18.4 Å². The molecular weight excluding hydrogens is 319 g/mol. The van der Waals surface area contributed by atoms with Gasteiger partial charge in [0, 0.05) is 23.5 Å². The van der Waals surface area contributed by atoms with E-state index in [1.54, 1.807) is 24.5 Å². The Kier molecular flexibility index (Phi) is 3.65. The van der Waals surface area contributed by atoms with E-state index in [2.05, 4.69) is 15.0 Å². The first kappa shape index (κ1) is 15.3. The van der Waals surface area contributed by atoms with Crippen molar-refractivity contribution in [3.05, 3.63) is 84.2 Å². The van der Waals surface area contributed by atoms with Gasteiger partial charge in [0.15, 0.2) is 5.54 Å². The number of hydrogen-bond acceptors (Lipinski definition) is 5. The summed E-state index contributed by atoms with van der Waals surface area (Å²) < 4.78 is 19.9. The highest BCUT2D eigenvalue weighted by Gasteiger charge is 2.40. The number of benzene rings is 2. The minimum absolute atomic E-state index is 0.123. The van der Waals surface area contributed by atoms with Gasteiger partial charge in [-0.25, -0.2) is 19.4 Å². The zero-order valence-electron chi connectivity index (χ0n) is 13.3. The van der Waals surface area contributed by atoms with E-state index >= 15 is 0 Å². The fourth-order valence-electron chi connectivity index (χ4n) is 3.05. The quantitative estimate of drug-likeness (QED) is 0.799. The average Bonchev–Trinajstić information content (AvgIpc) is 3.06. The number of rotatable bonds is 3. The Morgan fingerprint density at radius 2 is 1.76 bits per heavy atom. The third kappa shape index (κ3) is 2.61. The van der Waals surface area contributed by atoms with Crippen LogP contribution in [0.3, 0.4) is 0 Å². The van der Waals surface area contributed by atoms with Crippen LogP contribution in [0.1, 0.15) is 11.1 Å². The van der Waals surface area contributed by atoms with Crippen molar-refractivity contribution in [2.75, 3.05) is 6.61 Å². The van der Waals surface area contributed by atoms with Crippen LogP contribution >= 0.6 is 0 Å². The van der Waals surface area contributed by atoms with Gasteiger partial charge in [0.1, 0.15) is 18.8 Å². The van der Waals surface area contributed by atoms with Gasteiger partial charge < -0.3 is 10.5 Å². The molecule has 2 aromatic carbocycles. The van der Waals surface area contributed by atoms with Crippen LogP contribution in [-0.2, 0) is 10.3 Å². The lowest BCUT2D eigenvalue weighted by Gasteiger charge is -2.26. The van der Waals surface area contributed by atoms with Gasteiger partial charge in [-0.2, -0.15) is 0 Å². The third-order valence-corrected chi connectivity index (χ3v) is 4.30. The summed E-state index contributed by atoms with van der Waals surface area (Å²) in [6.07, 6.45) is 4.56. The Labute approximate surface area is 144 Å². The van der Waals surface area contributed by atoms with Crippen molar-refractivity contribution in [2.45, 2.75) is 5.54 Å². The summed E-state index contributed by atoms with van der Waals surface area (Å²) in [5, 5.41) is 0. The molecule has 0 bridgehead atoms. The van der Waals surface area contributed by atoms with E-state index in [1.165, 1.54) is 12.4 Å². The molecule has 0 radical (unpaired) electrons. The molecule has 1 aromatic heterocycles. The van der Waals surface area contributed by atoms with E-state index in [4.69, 9.17) is 10.5 Å². The molecule has 0 aliphatic carbocycles. The predicted octanol–water partition coefficient (Wildman–Crippen LogP) is 2.87. The first-order valence-electron chi connectivity index (χ1n) is 7.78. The van der Waals surface area contributed by atoms with Gasteiger partial charge in [-0.15, -0.1) is 0 Å². The van der Waals surface area contributed by atoms with Crippen molar-refractivity contribution >= 4 is 6.02 Å². The Bertz CT molecular complexity index is 931. The molecule has 4 rings (SSSR count). The monoisotopic (exact) mass is 334 g/mol. The lowest BCUT2D eigenvalue weighted by molar-refractivity contribution is 0.278. The van der Waals surface area contributed by atoms with E-state index in [9.17, 15) is 4.39 Å². The van der Waals surface area contributed by atoms with Crippen LogP contribution in [0.2, 0.25) is 0 Å². The van der Waals surface area contributed by atoms with Gasteiger partial charge in [0.25, 0.3) is 6.02 Å². The minimum Gasteiger partial charge on any atom is -0.462 e. The predicted molar refractivity (Wildman–Crippen MR) is 92.2 cm³/mol. The van der Waals surface area contributed by atoms with Crippen LogP contribution in [-0.4, -0.2) is 22.6 Å². The second-order valence-corrected chi connectivity index (χ2v) is 5.79. The first-order chi connectivity index (χ1) is 12.2. The molecule has 1 unspecified atom stereocenters. The topological polar surface area (TPSA) is 73.4 Å². The van der Waals surface area contributed by atoms with Crippen molar-refractivity contribution in [1.82, 2.24) is 9.97 Å². The number of nitrogens with zero attached hydrogens (tertiary/aromatic N) is 3. The molecule has 0 fully saturated rings. The molecule has 0 amide bonds. The summed E-state index contributed by atoms with van der Waals surface area (Å²) in [4.78, 5) is 12.5. The fraction of sp³-hybridized carbons (Fsp3) is 0.105. The minimum atomic E-state index is -0.802. The number of hydrogen-bond donors (Lipinski definition) is 1. The zero-order chi connectivity index (χ0) is 17.3. The fourth-order valence-corrected chi connectivity index (χ4v) is 3.05. The number of halogens is 1. The van der Waals surface area contributed by atoms with Gasteiger partial charge >= 0.3 is 0 Å². The number of ether oxygens (including phenoxy) is 1. The average molecular weight is 334 g/mol. The maximum absolute atomic E-state index is 14.4. The van der Waals surface area contributed by atoms with Crippen LogP contribution in [0, 0.1) is 5.82 Å². The van der Waals surface area contributed by atoms with Crippen LogP contribution in [0.4, 0.5) is 4.39 Å². The smallest absolute Gasteiger partial charge is 0.283 e. The maximum atomic E-state index is 14.4. The van der Waals surface area contributed by atoms with Crippen LogP contribution in [0.15, 0.2) is 72.2 Å². The van der Waals surface area contributed by atoms with Crippen LogP contribution in [0.25, 0.3) is 11.1 Å². The van der Waals surface area contributed by atoms with Crippen molar-refractivity contribution < 1.29 is 9.13 Å². The third-order valence-electron chi connectivity index (χ3n) is 4.30. The zero-order valence-corrected chi connectivity index (χ0v) is 13.3. The van der Waals surface area contributed by atoms with Crippen molar-refractivity contribution in [3.63, 3.8) is 0 Å². The molecule has 1 atom stereocenters. The van der Waals surface area contributed by atoms with E-state index in [0.29, 0.717) is 11.1 Å². The van der Waals surface area contributed by atoms with Crippen molar-refractivity contribution in [1.29, 1.82) is 0 Å². The molecule has 0 spiro atoms. The molecule has 5 nitrogen and oxygen atoms in total. The maximum Gasteiger partial charge on any atom is 0.283 e. The van der Waals surface area contributed by atoms with Crippen LogP contribution in [0.5, 0.6) is 0 Å². The lowest BCUT2D eigenvalue weighted by Crippen LogP contribution is -2.27. The Morgan fingerprint density at radius 1 is 1.00 bits per heavy atom.